The maximum Gasteiger partial charge on any atom is 0.254 e. The minimum absolute atomic E-state index is 0.111. The molecule has 2 aromatic carbocycles. The van der Waals surface area contributed by atoms with Gasteiger partial charge in [-0.25, -0.2) is 4.39 Å². The number of hydrogen-bond acceptors (Lipinski definition) is 4. The summed E-state index contributed by atoms with van der Waals surface area (Å²) in [6.45, 7) is 4.42. The van der Waals surface area contributed by atoms with E-state index in [0.29, 0.717) is 17.1 Å². The van der Waals surface area contributed by atoms with Crippen LogP contribution in [-0.4, -0.2) is 47.9 Å². The van der Waals surface area contributed by atoms with E-state index in [1.807, 2.05) is 11.4 Å². The average molecular weight is 499 g/mol. The summed E-state index contributed by atoms with van der Waals surface area (Å²) < 4.78 is 19.9. The lowest BCUT2D eigenvalue weighted by Gasteiger charge is -2.37. The van der Waals surface area contributed by atoms with Gasteiger partial charge in [0.15, 0.2) is 11.6 Å². The van der Waals surface area contributed by atoms with E-state index in [0.717, 1.165) is 12.0 Å². The Hall–Kier alpha value is -3.16. The third-order valence-corrected chi connectivity index (χ3v) is 6.91. The Bertz CT molecular complexity index is 1200. The molecule has 1 aromatic heterocycles. The lowest BCUT2D eigenvalue weighted by atomic mass is 10.0. The van der Waals surface area contributed by atoms with Crippen molar-refractivity contribution >= 4 is 34.8 Å². The van der Waals surface area contributed by atoms with Crippen LogP contribution in [0.2, 0.25) is 5.02 Å². The summed E-state index contributed by atoms with van der Waals surface area (Å²) >= 11 is 7.68. The Morgan fingerprint density at radius 3 is 2.82 bits per heavy atom. The van der Waals surface area contributed by atoms with Gasteiger partial charge < -0.3 is 14.5 Å². The summed E-state index contributed by atoms with van der Waals surface area (Å²) in [4.78, 5) is 30.9. The van der Waals surface area contributed by atoms with Crippen molar-refractivity contribution in [1.82, 2.24) is 9.80 Å². The Labute approximate surface area is 207 Å². The van der Waals surface area contributed by atoms with E-state index in [-0.39, 0.29) is 43.3 Å². The van der Waals surface area contributed by atoms with Crippen LogP contribution in [0.25, 0.3) is 0 Å². The highest BCUT2D eigenvalue weighted by atomic mass is 35.5. The van der Waals surface area contributed by atoms with Crippen LogP contribution in [0.15, 0.2) is 72.6 Å². The molecule has 0 N–H and O–H groups in total. The van der Waals surface area contributed by atoms with Gasteiger partial charge in [-0.15, -0.1) is 17.9 Å². The molecule has 3 aromatic rings. The van der Waals surface area contributed by atoms with Crippen molar-refractivity contribution in [3.63, 3.8) is 0 Å². The van der Waals surface area contributed by atoms with E-state index in [2.05, 4.69) is 6.58 Å². The zero-order chi connectivity index (χ0) is 24.1. The van der Waals surface area contributed by atoms with Crippen LogP contribution in [-0.2, 0) is 11.2 Å². The number of fused-ring (bicyclic) bond motifs is 1. The molecular formula is C26H24ClFN2O3S. The number of nitrogens with zero attached hydrogens (tertiary/aromatic N) is 2. The summed E-state index contributed by atoms with van der Waals surface area (Å²) in [5.74, 6) is -0.827. The van der Waals surface area contributed by atoms with Gasteiger partial charge in [0.1, 0.15) is 13.2 Å². The van der Waals surface area contributed by atoms with E-state index in [9.17, 15) is 14.0 Å². The molecule has 0 fully saturated rings. The Balaban J connectivity index is 1.53. The number of hydrogen-bond donors (Lipinski definition) is 0. The zero-order valence-corrected chi connectivity index (χ0v) is 20.0. The van der Waals surface area contributed by atoms with E-state index in [1.54, 1.807) is 64.8 Å². The number of carbonyl (C=O) groups is 2. The van der Waals surface area contributed by atoms with Crippen molar-refractivity contribution in [3.05, 3.63) is 99.5 Å². The van der Waals surface area contributed by atoms with Crippen LogP contribution >= 0.6 is 22.9 Å². The molecule has 0 saturated carbocycles. The SMILES string of the molecule is C=CCN(CC(=O)N1CCc2sccc2C1COc1ccccc1F)C(=O)c1cccc(Cl)c1. The minimum atomic E-state index is -0.453. The van der Waals surface area contributed by atoms with E-state index in [1.165, 1.54) is 15.8 Å². The van der Waals surface area contributed by atoms with Gasteiger partial charge in [-0.1, -0.05) is 35.9 Å². The van der Waals surface area contributed by atoms with Crippen LogP contribution in [0.1, 0.15) is 26.8 Å². The van der Waals surface area contributed by atoms with Gasteiger partial charge in [0.25, 0.3) is 5.91 Å². The van der Waals surface area contributed by atoms with Gasteiger partial charge in [-0.05, 0) is 53.8 Å². The van der Waals surface area contributed by atoms with Crippen LogP contribution in [0.3, 0.4) is 0 Å². The second-order valence-corrected chi connectivity index (χ2v) is 9.32. The molecular weight excluding hydrogens is 475 g/mol. The summed E-state index contributed by atoms with van der Waals surface area (Å²) in [5, 5.41) is 2.43. The number of carbonyl (C=O) groups excluding carboxylic acids is 2. The van der Waals surface area contributed by atoms with Crippen molar-refractivity contribution in [3.8, 4) is 5.75 Å². The molecule has 8 heteroatoms. The van der Waals surface area contributed by atoms with Crippen molar-refractivity contribution in [2.24, 2.45) is 0 Å². The fourth-order valence-corrected chi connectivity index (χ4v) is 5.16. The number of amides is 2. The molecule has 2 amide bonds. The molecule has 0 saturated heterocycles. The molecule has 1 aliphatic rings. The predicted molar refractivity (Wildman–Crippen MR) is 132 cm³/mol. The summed E-state index contributed by atoms with van der Waals surface area (Å²) in [7, 11) is 0. The quantitative estimate of drug-likeness (QED) is 0.392. The molecule has 1 unspecified atom stereocenters. The van der Waals surface area contributed by atoms with E-state index < -0.39 is 5.82 Å². The monoisotopic (exact) mass is 498 g/mol. The minimum Gasteiger partial charge on any atom is -0.488 e. The van der Waals surface area contributed by atoms with Crippen LogP contribution in [0, 0.1) is 5.82 Å². The molecule has 1 atom stereocenters. The van der Waals surface area contributed by atoms with Crippen LogP contribution in [0.4, 0.5) is 4.39 Å². The largest absolute Gasteiger partial charge is 0.488 e. The van der Waals surface area contributed by atoms with Crippen molar-refractivity contribution in [2.45, 2.75) is 12.5 Å². The lowest BCUT2D eigenvalue weighted by molar-refractivity contribution is -0.135. The van der Waals surface area contributed by atoms with Crippen LogP contribution in [0.5, 0.6) is 5.75 Å². The molecule has 0 aliphatic carbocycles. The highest BCUT2D eigenvalue weighted by Crippen LogP contribution is 2.34. The third kappa shape index (κ3) is 5.32. The smallest absolute Gasteiger partial charge is 0.254 e. The standard InChI is InChI=1S/C26H24ClFN2O3S/c1-2-12-29(26(32)18-6-5-7-19(27)15-18)16-25(31)30-13-10-24-20(11-14-34-24)22(30)17-33-23-9-4-3-8-21(23)28/h2-9,11,14-15,22H,1,10,12-13,16-17H2. The molecule has 2 heterocycles. The molecule has 5 nitrogen and oxygen atoms in total. The highest BCUT2D eigenvalue weighted by molar-refractivity contribution is 7.10. The fraction of sp³-hybridized carbons (Fsp3) is 0.231. The Morgan fingerprint density at radius 2 is 2.06 bits per heavy atom. The van der Waals surface area contributed by atoms with Gasteiger partial charge >= 0.3 is 0 Å². The molecule has 0 radical (unpaired) electrons. The third-order valence-electron chi connectivity index (χ3n) is 5.68. The zero-order valence-electron chi connectivity index (χ0n) is 18.5. The molecule has 34 heavy (non-hydrogen) atoms. The van der Waals surface area contributed by atoms with Gasteiger partial charge in [0.05, 0.1) is 6.04 Å². The first-order valence-corrected chi connectivity index (χ1v) is 12.1. The number of ether oxygens (including phenoxy) is 1. The topological polar surface area (TPSA) is 49.9 Å². The maximum atomic E-state index is 14.1. The molecule has 4 rings (SSSR count). The lowest BCUT2D eigenvalue weighted by Crippen LogP contribution is -2.47. The second kappa shape index (κ2) is 10.8. The highest BCUT2D eigenvalue weighted by Gasteiger charge is 2.33. The summed E-state index contributed by atoms with van der Waals surface area (Å²) in [5.41, 5.74) is 1.40. The normalized spacial score (nSPS) is 14.9. The maximum absolute atomic E-state index is 14.1. The number of thiophene rings is 1. The van der Waals surface area contributed by atoms with E-state index >= 15 is 0 Å². The molecule has 176 valence electrons. The second-order valence-electron chi connectivity index (χ2n) is 7.88. The van der Waals surface area contributed by atoms with Gasteiger partial charge in [0.2, 0.25) is 5.91 Å². The number of halogens is 2. The van der Waals surface area contributed by atoms with Crippen molar-refractivity contribution in [1.29, 1.82) is 0 Å². The van der Waals surface area contributed by atoms with Gasteiger partial charge in [0, 0.05) is 28.6 Å². The Kier molecular flexibility index (Phi) is 7.65. The Morgan fingerprint density at radius 1 is 1.24 bits per heavy atom. The fourth-order valence-electron chi connectivity index (χ4n) is 4.04. The molecule has 0 bridgehead atoms. The number of rotatable bonds is 8. The summed E-state index contributed by atoms with van der Waals surface area (Å²) in [6.07, 6.45) is 2.31. The number of para-hydroxylation sites is 1. The molecule has 0 spiro atoms. The van der Waals surface area contributed by atoms with Crippen molar-refractivity contribution < 1.29 is 18.7 Å². The summed E-state index contributed by atoms with van der Waals surface area (Å²) in [6, 6.07) is 14.4. The predicted octanol–water partition coefficient (Wildman–Crippen LogP) is 5.37. The van der Waals surface area contributed by atoms with Crippen LogP contribution < -0.4 is 4.74 Å². The van der Waals surface area contributed by atoms with Gasteiger partial charge in [-0.3, -0.25) is 9.59 Å². The van der Waals surface area contributed by atoms with E-state index in [4.69, 9.17) is 16.3 Å². The first kappa shape index (κ1) is 24.0. The first-order chi connectivity index (χ1) is 16.5. The first-order valence-electron chi connectivity index (χ1n) is 10.9. The van der Waals surface area contributed by atoms with Crippen molar-refractivity contribution in [2.75, 3.05) is 26.2 Å². The molecule has 1 aliphatic heterocycles. The number of benzene rings is 2. The van der Waals surface area contributed by atoms with Gasteiger partial charge in [-0.2, -0.15) is 0 Å². The average Bonchev–Trinajstić information content (AvgIpc) is 3.32.